The number of pyridine rings is 1. The molecule has 0 fully saturated rings. The van der Waals surface area contributed by atoms with Gasteiger partial charge in [-0.15, -0.1) is 0 Å². The maximum Gasteiger partial charge on any atom is 0.150 e. The topological polar surface area (TPSA) is 30.0 Å². The number of hydrogen-bond donors (Lipinski definition) is 0. The summed E-state index contributed by atoms with van der Waals surface area (Å²) in [5.74, 6) is -0.333. The molecule has 18 heavy (non-hydrogen) atoms. The Balaban J connectivity index is 2.27. The van der Waals surface area contributed by atoms with Crippen molar-refractivity contribution in [3.8, 4) is 0 Å². The lowest BCUT2D eigenvalue weighted by atomic mass is 10.0. The number of carbonyl (C=O) groups excluding carboxylic acids is 1. The standard InChI is InChI=1S/C15H14FNO/c1-2-11-3-6-15(17-9-11)8-13-7-14(16)5-4-12(13)10-18/h3-7,9-10H,2,8H2,1H3. The lowest BCUT2D eigenvalue weighted by molar-refractivity contribution is 0.112. The molecule has 0 unspecified atom stereocenters. The Kier molecular flexibility index (Phi) is 3.82. The Morgan fingerprint density at radius 2 is 2.11 bits per heavy atom. The largest absolute Gasteiger partial charge is 0.298 e. The van der Waals surface area contributed by atoms with Crippen molar-refractivity contribution in [2.75, 3.05) is 0 Å². The number of carbonyl (C=O) groups is 1. The fraction of sp³-hybridized carbons (Fsp3) is 0.200. The van der Waals surface area contributed by atoms with Gasteiger partial charge in [-0.2, -0.15) is 0 Å². The molecule has 2 rings (SSSR count). The van der Waals surface area contributed by atoms with Crippen LogP contribution in [0.25, 0.3) is 0 Å². The van der Waals surface area contributed by atoms with Crippen molar-refractivity contribution >= 4 is 6.29 Å². The summed E-state index contributed by atoms with van der Waals surface area (Å²) in [4.78, 5) is 15.2. The first-order valence-electron chi connectivity index (χ1n) is 5.90. The number of benzene rings is 1. The molecule has 0 saturated carbocycles. The predicted molar refractivity (Wildman–Crippen MR) is 68.2 cm³/mol. The Morgan fingerprint density at radius 3 is 2.72 bits per heavy atom. The normalized spacial score (nSPS) is 10.3. The average Bonchev–Trinajstić information content (AvgIpc) is 2.40. The van der Waals surface area contributed by atoms with Crippen LogP contribution in [0.4, 0.5) is 4.39 Å². The van der Waals surface area contributed by atoms with Crippen LogP contribution in [0.15, 0.2) is 36.5 Å². The van der Waals surface area contributed by atoms with Gasteiger partial charge in [-0.05, 0) is 41.8 Å². The van der Waals surface area contributed by atoms with Gasteiger partial charge >= 0.3 is 0 Å². The molecule has 1 aromatic heterocycles. The zero-order valence-electron chi connectivity index (χ0n) is 10.2. The summed E-state index contributed by atoms with van der Waals surface area (Å²) in [6, 6.07) is 8.10. The lowest BCUT2D eigenvalue weighted by Crippen LogP contribution is -1.98. The van der Waals surface area contributed by atoms with Crippen molar-refractivity contribution in [2.24, 2.45) is 0 Å². The molecule has 0 amide bonds. The first-order chi connectivity index (χ1) is 8.72. The van der Waals surface area contributed by atoms with E-state index in [0.717, 1.165) is 24.0 Å². The van der Waals surface area contributed by atoms with Crippen LogP contribution in [-0.4, -0.2) is 11.3 Å². The van der Waals surface area contributed by atoms with Crippen LogP contribution in [0.1, 0.15) is 34.1 Å². The van der Waals surface area contributed by atoms with Gasteiger partial charge in [0, 0.05) is 23.9 Å². The minimum atomic E-state index is -0.333. The van der Waals surface area contributed by atoms with Gasteiger partial charge < -0.3 is 0 Å². The van der Waals surface area contributed by atoms with Crippen LogP contribution in [0, 0.1) is 5.82 Å². The molecule has 0 saturated heterocycles. The number of aromatic nitrogens is 1. The smallest absolute Gasteiger partial charge is 0.150 e. The third-order valence-electron chi connectivity index (χ3n) is 2.90. The molecule has 2 aromatic rings. The molecule has 0 spiro atoms. The molecule has 1 heterocycles. The van der Waals surface area contributed by atoms with Crippen LogP contribution < -0.4 is 0 Å². The molecular weight excluding hydrogens is 229 g/mol. The fourth-order valence-corrected chi connectivity index (χ4v) is 1.81. The van der Waals surface area contributed by atoms with E-state index in [4.69, 9.17) is 0 Å². The van der Waals surface area contributed by atoms with Gasteiger partial charge in [-0.3, -0.25) is 9.78 Å². The van der Waals surface area contributed by atoms with Crippen molar-refractivity contribution in [1.29, 1.82) is 0 Å². The van der Waals surface area contributed by atoms with E-state index < -0.39 is 0 Å². The zero-order valence-corrected chi connectivity index (χ0v) is 10.2. The molecule has 3 heteroatoms. The fourth-order valence-electron chi connectivity index (χ4n) is 1.81. The van der Waals surface area contributed by atoms with Gasteiger partial charge in [0.05, 0.1) is 0 Å². The highest BCUT2D eigenvalue weighted by molar-refractivity contribution is 5.77. The average molecular weight is 243 g/mol. The van der Waals surface area contributed by atoms with E-state index in [-0.39, 0.29) is 5.82 Å². The minimum absolute atomic E-state index is 0.333. The van der Waals surface area contributed by atoms with E-state index in [0.29, 0.717) is 17.5 Å². The van der Waals surface area contributed by atoms with Crippen molar-refractivity contribution in [2.45, 2.75) is 19.8 Å². The van der Waals surface area contributed by atoms with Gasteiger partial charge in [-0.25, -0.2) is 4.39 Å². The molecule has 0 radical (unpaired) electrons. The maximum absolute atomic E-state index is 13.2. The van der Waals surface area contributed by atoms with Gasteiger partial charge in [0.15, 0.2) is 0 Å². The van der Waals surface area contributed by atoms with Crippen molar-refractivity contribution in [3.05, 3.63) is 64.7 Å². The maximum atomic E-state index is 13.2. The van der Waals surface area contributed by atoms with Crippen LogP contribution in [0.2, 0.25) is 0 Å². The summed E-state index contributed by atoms with van der Waals surface area (Å²) in [5, 5.41) is 0. The SMILES string of the molecule is CCc1ccc(Cc2cc(F)ccc2C=O)nc1. The molecule has 0 N–H and O–H groups in total. The monoisotopic (exact) mass is 243 g/mol. The highest BCUT2D eigenvalue weighted by Crippen LogP contribution is 2.14. The molecular formula is C15H14FNO. The van der Waals surface area contributed by atoms with Gasteiger partial charge in [0.2, 0.25) is 0 Å². The number of aldehydes is 1. The summed E-state index contributed by atoms with van der Waals surface area (Å²) >= 11 is 0. The number of hydrogen-bond acceptors (Lipinski definition) is 2. The molecule has 0 atom stereocenters. The first kappa shape index (κ1) is 12.4. The third kappa shape index (κ3) is 2.80. The van der Waals surface area contributed by atoms with Crippen molar-refractivity contribution in [1.82, 2.24) is 4.98 Å². The van der Waals surface area contributed by atoms with E-state index >= 15 is 0 Å². The number of nitrogens with zero attached hydrogens (tertiary/aromatic N) is 1. The Labute approximate surface area is 105 Å². The van der Waals surface area contributed by atoms with Gasteiger partial charge in [0.25, 0.3) is 0 Å². The molecule has 2 nitrogen and oxygen atoms in total. The number of rotatable bonds is 4. The van der Waals surface area contributed by atoms with Crippen LogP contribution in [0.3, 0.4) is 0 Å². The summed E-state index contributed by atoms with van der Waals surface area (Å²) in [6.45, 7) is 2.06. The molecule has 0 aliphatic heterocycles. The molecule has 0 aliphatic rings. The second-order valence-electron chi connectivity index (χ2n) is 4.15. The van der Waals surface area contributed by atoms with E-state index in [9.17, 15) is 9.18 Å². The quantitative estimate of drug-likeness (QED) is 0.772. The Morgan fingerprint density at radius 1 is 1.28 bits per heavy atom. The van der Waals surface area contributed by atoms with E-state index in [2.05, 4.69) is 11.9 Å². The third-order valence-corrected chi connectivity index (χ3v) is 2.90. The predicted octanol–water partition coefficient (Wildman–Crippen LogP) is 3.19. The van der Waals surface area contributed by atoms with E-state index in [1.54, 1.807) is 0 Å². The molecule has 0 bridgehead atoms. The summed E-state index contributed by atoms with van der Waals surface area (Å²) in [7, 11) is 0. The van der Waals surface area contributed by atoms with E-state index in [1.165, 1.54) is 18.2 Å². The Bertz CT molecular complexity index is 549. The molecule has 0 aliphatic carbocycles. The van der Waals surface area contributed by atoms with Crippen molar-refractivity contribution < 1.29 is 9.18 Å². The number of aryl methyl sites for hydroxylation is 1. The van der Waals surface area contributed by atoms with Crippen LogP contribution >= 0.6 is 0 Å². The van der Waals surface area contributed by atoms with Gasteiger partial charge in [-0.1, -0.05) is 13.0 Å². The highest BCUT2D eigenvalue weighted by Gasteiger charge is 2.05. The van der Waals surface area contributed by atoms with Crippen LogP contribution in [0.5, 0.6) is 0 Å². The van der Waals surface area contributed by atoms with E-state index in [1.807, 2.05) is 18.3 Å². The number of halogens is 1. The summed E-state index contributed by atoms with van der Waals surface area (Å²) in [6.07, 6.45) is 3.97. The Hall–Kier alpha value is -2.03. The van der Waals surface area contributed by atoms with Crippen LogP contribution in [-0.2, 0) is 12.8 Å². The first-order valence-corrected chi connectivity index (χ1v) is 5.90. The summed E-state index contributed by atoms with van der Waals surface area (Å²) < 4.78 is 13.2. The zero-order chi connectivity index (χ0) is 13.0. The van der Waals surface area contributed by atoms with Gasteiger partial charge in [0.1, 0.15) is 12.1 Å². The minimum Gasteiger partial charge on any atom is -0.298 e. The molecule has 1 aromatic carbocycles. The van der Waals surface area contributed by atoms with Crippen molar-refractivity contribution in [3.63, 3.8) is 0 Å². The second-order valence-corrected chi connectivity index (χ2v) is 4.15. The lowest BCUT2D eigenvalue weighted by Gasteiger charge is -2.05. The summed E-state index contributed by atoms with van der Waals surface area (Å²) in [5.41, 5.74) is 3.18. The second kappa shape index (κ2) is 5.54. The highest BCUT2D eigenvalue weighted by atomic mass is 19.1. The molecule has 92 valence electrons.